The lowest BCUT2D eigenvalue weighted by Gasteiger charge is -2.34. The largest absolute Gasteiger partial charge is 0.494 e. The van der Waals surface area contributed by atoms with Crippen molar-refractivity contribution in [1.82, 2.24) is 0 Å². The van der Waals surface area contributed by atoms with Crippen LogP contribution in [0.15, 0.2) is 97.1 Å². The van der Waals surface area contributed by atoms with Crippen molar-refractivity contribution in [3.05, 3.63) is 119 Å². The molecule has 4 aromatic rings. The molecule has 1 aliphatic rings. The Hall–Kier alpha value is -3.71. The van der Waals surface area contributed by atoms with Gasteiger partial charge in [0, 0.05) is 12.3 Å². The van der Waals surface area contributed by atoms with Gasteiger partial charge in [-0.25, -0.2) is 0 Å². The van der Waals surface area contributed by atoms with E-state index in [9.17, 15) is 0 Å². The van der Waals surface area contributed by atoms with Crippen molar-refractivity contribution >= 4 is 11.6 Å². The first-order valence-electron chi connectivity index (χ1n) is 13.0. The van der Waals surface area contributed by atoms with E-state index in [1.165, 1.54) is 33.4 Å². The van der Waals surface area contributed by atoms with Gasteiger partial charge in [-0.2, -0.15) is 0 Å². The van der Waals surface area contributed by atoms with Gasteiger partial charge in [-0.1, -0.05) is 78.7 Å². The second-order valence-corrected chi connectivity index (χ2v) is 9.62. The molecule has 192 valence electrons. The van der Waals surface area contributed by atoms with Crippen molar-refractivity contribution in [2.45, 2.75) is 18.3 Å². The third-order valence-electron chi connectivity index (χ3n) is 6.96. The third kappa shape index (κ3) is 5.03. The Morgan fingerprint density at radius 2 is 1.13 bits per heavy atom. The number of hydrogen-bond donors (Lipinski definition) is 0. The van der Waals surface area contributed by atoms with Crippen molar-refractivity contribution in [3.8, 4) is 35.0 Å². The van der Waals surface area contributed by atoms with Crippen LogP contribution in [0.1, 0.15) is 35.1 Å². The summed E-state index contributed by atoms with van der Waals surface area (Å²) in [5, 5.41) is 0. The summed E-state index contributed by atoms with van der Waals surface area (Å²) in [6.45, 7) is 2.11. The summed E-state index contributed by atoms with van der Waals surface area (Å²) in [7, 11) is 0. The summed E-state index contributed by atoms with van der Waals surface area (Å²) in [5.41, 5.74) is 7.00. The fourth-order valence-corrected chi connectivity index (χ4v) is 5.46. The average Bonchev–Trinajstić information content (AvgIpc) is 3.27. The summed E-state index contributed by atoms with van der Waals surface area (Å²) < 4.78 is 17.2. The molecule has 0 atom stereocenters. The molecule has 0 N–H and O–H groups in total. The summed E-state index contributed by atoms with van der Waals surface area (Å²) in [4.78, 5) is 0. The van der Waals surface area contributed by atoms with Gasteiger partial charge in [-0.15, -0.1) is 18.0 Å². The van der Waals surface area contributed by atoms with Gasteiger partial charge in [0.05, 0.1) is 25.2 Å². The minimum Gasteiger partial charge on any atom is -0.494 e. The van der Waals surface area contributed by atoms with Gasteiger partial charge in [-0.05, 0) is 64.1 Å². The molecular formula is C34H31ClO3. The first-order chi connectivity index (χ1) is 18.8. The lowest BCUT2D eigenvalue weighted by molar-refractivity contribution is 0.147. The second kappa shape index (κ2) is 12.2. The Morgan fingerprint density at radius 1 is 0.632 bits per heavy atom. The normalized spacial score (nSPS) is 12.8. The van der Waals surface area contributed by atoms with E-state index in [4.69, 9.17) is 32.2 Å². The Bertz CT molecular complexity index is 1340. The highest BCUT2D eigenvalue weighted by Gasteiger charge is 2.45. The van der Waals surface area contributed by atoms with Crippen LogP contribution in [-0.4, -0.2) is 32.3 Å². The summed E-state index contributed by atoms with van der Waals surface area (Å²) in [6, 6.07) is 34.4. The molecule has 1 aliphatic carbocycles. The number of terminal acetylenes is 1. The highest BCUT2D eigenvalue weighted by molar-refractivity contribution is 6.17. The van der Waals surface area contributed by atoms with Crippen LogP contribution in [0.4, 0.5) is 0 Å². The molecule has 0 spiro atoms. The molecule has 5 rings (SSSR count). The number of benzene rings is 4. The molecule has 3 nitrogen and oxygen atoms in total. The van der Waals surface area contributed by atoms with Crippen LogP contribution in [0.5, 0.6) is 11.5 Å². The Labute approximate surface area is 230 Å². The maximum atomic E-state index is 5.99. The zero-order chi connectivity index (χ0) is 26.2. The molecule has 4 heteroatoms. The Balaban J connectivity index is 1.52. The Morgan fingerprint density at radius 3 is 1.63 bits per heavy atom. The third-order valence-corrected chi connectivity index (χ3v) is 7.23. The zero-order valence-electron chi connectivity index (χ0n) is 21.4. The fourth-order valence-electron chi connectivity index (χ4n) is 5.35. The van der Waals surface area contributed by atoms with Crippen molar-refractivity contribution in [1.29, 1.82) is 0 Å². The topological polar surface area (TPSA) is 27.7 Å². The van der Waals surface area contributed by atoms with E-state index >= 15 is 0 Å². The highest BCUT2D eigenvalue weighted by Crippen LogP contribution is 2.56. The van der Waals surface area contributed by atoms with E-state index in [2.05, 4.69) is 103 Å². The molecule has 0 radical (unpaired) electrons. The maximum Gasteiger partial charge on any atom is 0.119 e. The van der Waals surface area contributed by atoms with Gasteiger partial charge in [0.2, 0.25) is 0 Å². The van der Waals surface area contributed by atoms with Gasteiger partial charge in [0.25, 0.3) is 0 Å². The number of rotatable bonds is 12. The van der Waals surface area contributed by atoms with Gasteiger partial charge in [0.1, 0.15) is 18.1 Å². The van der Waals surface area contributed by atoms with Crippen LogP contribution in [0, 0.1) is 12.3 Å². The van der Waals surface area contributed by atoms with Crippen LogP contribution >= 0.6 is 11.6 Å². The van der Waals surface area contributed by atoms with E-state index in [1.54, 1.807) is 0 Å². The SMILES string of the molecule is C#CCOCCCOc1ccc(C2(c3ccc(OCCCCl)cc3)c3ccccc3-c3ccccc32)cc1. The van der Waals surface area contributed by atoms with Crippen LogP contribution < -0.4 is 9.47 Å². The maximum absolute atomic E-state index is 5.99. The molecule has 0 aromatic heterocycles. The van der Waals surface area contributed by atoms with Crippen LogP contribution in [0.3, 0.4) is 0 Å². The first-order valence-corrected chi connectivity index (χ1v) is 13.6. The summed E-state index contributed by atoms with van der Waals surface area (Å²) in [6.07, 6.45) is 6.83. The predicted molar refractivity (Wildman–Crippen MR) is 154 cm³/mol. The smallest absolute Gasteiger partial charge is 0.119 e. The predicted octanol–water partition coefficient (Wildman–Crippen LogP) is 7.48. The fraction of sp³-hybridized carbons (Fsp3) is 0.235. The van der Waals surface area contributed by atoms with Crippen molar-refractivity contribution < 1.29 is 14.2 Å². The monoisotopic (exact) mass is 522 g/mol. The number of fused-ring (bicyclic) bond motifs is 3. The molecular weight excluding hydrogens is 492 g/mol. The van der Waals surface area contributed by atoms with E-state index in [0.29, 0.717) is 32.3 Å². The number of alkyl halides is 1. The van der Waals surface area contributed by atoms with E-state index in [1.807, 2.05) is 0 Å². The highest BCUT2D eigenvalue weighted by atomic mass is 35.5. The lowest BCUT2D eigenvalue weighted by Crippen LogP contribution is -2.28. The first kappa shape index (κ1) is 25.9. The van der Waals surface area contributed by atoms with Gasteiger partial charge >= 0.3 is 0 Å². The van der Waals surface area contributed by atoms with Crippen molar-refractivity contribution in [2.75, 3.05) is 32.3 Å². The molecule has 0 heterocycles. The molecule has 38 heavy (non-hydrogen) atoms. The molecule has 0 saturated carbocycles. The summed E-state index contributed by atoms with van der Waals surface area (Å²) in [5.74, 6) is 4.76. The molecule has 0 aliphatic heterocycles. The zero-order valence-corrected chi connectivity index (χ0v) is 22.1. The molecule has 0 bridgehead atoms. The van der Waals surface area contributed by atoms with Crippen LogP contribution in [0.25, 0.3) is 11.1 Å². The average molecular weight is 523 g/mol. The minimum absolute atomic E-state index is 0.334. The Kier molecular flexibility index (Phi) is 8.34. The van der Waals surface area contributed by atoms with Crippen LogP contribution in [0.2, 0.25) is 0 Å². The molecule has 4 aromatic carbocycles. The molecule has 0 unspecified atom stereocenters. The number of ether oxygens (including phenoxy) is 3. The second-order valence-electron chi connectivity index (χ2n) is 9.24. The summed E-state index contributed by atoms with van der Waals surface area (Å²) >= 11 is 5.82. The van der Waals surface area contributed by atoms with E-state index < -0.39 is 5.41 Å². The van der Waals surface area contributed by atoms with Crippen LogP contribution in [-0.2, 0) is 10.2 Å². The lowest BCUT2D eigenvalue weighted by atomic mass is 9.68. The van der Waals surface area contributed by atoms with E-state index in [0.717, 1.165) is 24.3 Å². The number of halogens is 1. The van der Waals surface area contributed by atoms with Gasteiger partial charge in [-0.3, -0.25) is 0 Å². The molecule has 0 fully saturated rings. The minimum atomic E-state index is -0.455. The standard InChI is InChI=1S/C34H31ClO3/c1-2-22-36-23-8-25-38-29-19-15-27(16-20-29)34(26-13-17-28(18-14-26)37-24-7-21-35)32-11-5-3-9-30(32)31-10-4-6-12-33(31)34/h1,3-6,9-20H,7-8,21-25H2. The molecule has 0 saturated heterocycles. The van der Waals surface area contributed by atoms with Crippen molar-refractivity contribution in [2.24, 2.45) is 0 Å². The number of hydrogen-bond acceptors (Lipinski definition) is 3. The van der Waals surface area contributed by atoms with Gasteiger partial charge in [0.15, 0.2) is 0 Å². The molecule has 0 amide bonds. The van der Waals surface area contributed by atoms with E-state index in [-0.39, 0.29) is 0 Å². The quantitative estimate of drug-likeness (QED) is 0.0965. The van der Waals surface area contributed by atoms with Gasteiger partial charge < -0.3 is 14.2 Å². The van der Waals surface area contributed by atoms with Crippen molar-refractivity contribution in [3.63, 3.8) is 0 Å².